The number of ether oxygens (including phenoxy) is 1. The lowest BCUT2D eigenvalue weighted by Gasteiger charge is -2.00. The van der Waals surface area contributed by atoms with Crippen molar-refractivity contribution in [2.24, 2.45) is 0 Å². The number of unbranched alkanes of at least 4 members (excludes halogenated alkanes) is 1. The number of thiophene rings is 1. The van der Waals surface area contributed by atoms with Crippen molar-refractivity contribution < 1.29 is 14.3 Å². The summed E-state index contributed by atoms with van der Waals surface area (Å²) in [5.74, 6) is -0.0928. The average Bonchev–Trinajstić information content (AvgIpc) is 2.80. The van der Waals surface area contributed by atoms with Crippen LogP contribution in [0.5, 0.6) is 0 Å². The van der Waals surface area contributed by atoms with Gasteiger partial charge in [0.25, 0.3) is 0 Å². The second-order valence-electron chi connectivity index (χ2n) is 4.90. The molecule has 0 amide bonds. The molecule has 0 spiro atoms. The Morgan fingerprint density at radius 1 is 1.24 bits per heavy atom. The van der Waals surface area contributed by atoms with E-state index in [1.54, 1.807) is 0 Å². The lowest BCUT2D eigenvalue weighted by atomic mass is 10.1. The Morgan fingerprint density at radius 2 is 1.95 bits per heavy atom. The van der Waals surface area contributed by atoms with Gasteiger partial charge in [-0.1, -0.05) is 11.6 Å². The zero-order valence-corrected chi connectivity index (χ0v) is 13.6. The minimum Gasteiger partial charge on any atom is -0.469 e. The number of rotatable bonds is 6. The van der Waals surface area contributed by atoms with Crippen LogP contribution in [-0.4, -0.2) is 18.9 Å². The number of esters is 1. The van der Waals surface area contributed by atoms with Crippen LogP contribution in [0.1, 0.15) is 40.9 Å². The first-order chi connectivity index (χ1) is 10.0. The van der Waals surface area contributed by atoms with Gasteiger partial charge in [-0.15, -0.1) is 11.3 Å². The number of benzene rings is 1. The number of halogens is 1. The Labute approximate surface area is 132 Å². The Balaban J connectivity index is 2.03. The molecular formula is C16H17ClO3S. The third kappa shape index (κ3) is 3.83. The van der Waals surface area contributed by atoms with E-state index in [0.717, 1.165) is 20.5 Å². The summed E-state index contributed by atoms with van der Waals surface area (Å²) in [7, 11) is 1.37. The highest BCUT2D eigenvalue weighted by molar-refractivity contribution is 7.21. The van der Waals surface area contributed by atoms with Crippen molar-refractivity contribution in [1.82, 2.24) is 0 Å². The van der Waals surface area contributed by atoms with E-state index in [1.165, 1.54) is 18.4 Å². The molecule has 0 fully saturated rings. The van der Waals surface area contributed by atoms with E-state index in [4.69, 9.17) is 11.6 Å². The van der Waals surface area contributed by atoms with Crippen molar-refractivity contribution in [3.8, 4) is 0 Å². The first-order valence-corrected chi connectivity index (χ1v) is 8.01. The standard InChI is InChI=1S/C16H17ClO3S/c1-10-12-9-11(17)7-8-14(12)21-16(10)13(18)5-3-4-6-15(19)20-2/h7-9H,3-6H2,1-2H3. The summed E-state index contributed by atoms with van der Waals surface area (Å²) < 4.78 is 5.66. The molecule has 0 N–H and O–H groups in total. The minimum atomic E-state index is -0.227. The Bertz CT molecular complexity index is 675. The number of fused-ring (bicyclic) bond motifs is 1. The van der Waals surface area contributed by atoms with Gasteiger partial charge in [0.2, 0.25) is 0 Å². The summed E-state index contributed by atoms with van der Waals surface area (Å²) in [6, 6.07) is 5.69. The van der Waals surface area contributed by atoms with Crippen LogP contribution in [-0.2, 0) is 9.53 Å². The molecule has 3 nitrogen and oxygen atoms in total. The number of ketones is 1. The fraction of sp³-hybridized carbons (Fsp3) is 0.375. The van der Waals surface area contributed by atoms with Crippen LogP contribution in [0.15, 0.2) is 18.2 Å². The van der Waals surface area contributed by atoms with Gasteiger partial charge in [0.15, 0.2) is 5.78 Å². The van der Waals surface area contributed by atoms with Gasteiger partial charge in [-0.3, -0.25) is 9.59 Å². The van der Waals surface area contributed by atoms with Crippen LogP contribution in [0.25, 0.3) is 10.1 Å². The molecule has 0 aliphatic carbocycles. The van der Waals surface area contributed by atoms with Crippen molar-refractivity contribution in [3.05, 3.63) is 33.7 Å². The van der Waals surface area contributed by atoms with Gasteiger partial charge in [-0.25, -0.2) is 0 Å². The second-order valence-corrected chi connectivity index (χ2v) is 6.39. The third-order valence-electron chi connectivity index (χ3n) is 3.41. The number of carbonyl (C=O) groups excluding carboxylic acids is 2. The number of methoxy groups -OCH3 is 1. The molecule has 0 radical (unpaired) electrons. The van der Waals surface area contributed by atoms with E-state index in [0.29, 0.717) is 30.7 Å². The van der Waals surface area contributed by atoms with Crippen molar-refractivity contribution in [1.29, 1.82) is 0 Å². The highest BCUT2D eigenvalue weighted by atomic mass is 35.5. The summed E-state index contributed by atoms with van der Waals surface area (Å²) in [6.07, 6.45) is 2.19. The molecule has 0 unspecified atom stereocenters. The molecule has 21 heavy (non-hydrogen) atoms. The van der Waals surface area contributed by atoms with E-state index in [1.807, 2.05) is 25.1 Å². The van der Waals surface area contributed by atoms with E-state index >= 15 is 0 Å². The van der Waals surface area contributed by atoms with Crippen LogP contribution in [0, 0.1) is 6.92 Å². The Kier molecular flexibility index (Phi) is 5.37. The highest BCUT2D eigenvalue weighted by Gasteiger charge is 2.15. The summed E-state index contributed by atoms with van der Waals surface area (Å²) in [6.45, 7) is 1.96. The lowest BCUT2D eigenvalue weighted by Crippen LogP contribution is -2.02. The van der Waals surface area contributed by atoms with Gasteiger partial charge in [-0.2, -0.15) is 0 Å². The molecule has 0 saturated carbocycles. The topological polar surface area (TPSA) is 43.4 Å². The number of carbonyl (C=O) groups is 2. The number of hydrogen-bond donors (Lipinski definition) is 0. The maximum absolute atomic E-state index is 12.3. The predicted octanol–water partition coefficient (Wildman–Crippen LogP) is 4.78. The third-order valence-corrected chi connectivity index (χ3v) is 4.96. The second kappa shape index (κ2) is 7.05. The summed E-state index contributed by atoms with van der Waals surface area (Å²) in [5, 5.41) is 1.73. The molecule has 1 aromatic heterocycles. The minimum absolute atomic E-state index is 0.134. The highest BCUT2D eigenvalue weighted by Crippen LogP contribution is 2.33. The molecule has 0 saturated heterocycles. The molecular weight excluding hydrogens is 308 g/mol. The summed E-state index contributed by atoms with van der Waals surface area (Å²) in [5.41, 5.74) is 0.996. The normalized spacial score (nSPS) is 10.8. The van der Waals surface area contributed by atoms with E-state index in [-0.39, 0.29) is 11.8 Å². The first kappa shape index (κ1) is 16.0. The molecule has 1 heterocycles. The molecule has 5 heteroatoms. The van der Waals surface area contributed by atoms with Crippen LogP contribution in [0.3, 0.4) is 0 Å². The Morgan fingerprint density at radius 3 is 2.67 bits per heavy atom. The van der Waals surface area contributed by atoms with Crippen molar-refractivity contribution in [3.63, 3.8) is 0 Å². The average molecular weight is 325 g/mol. The van der Waals surface area contributed by atoms with Crippen molar-refractivity contribution >= 4 is 44.8 Å². The number of Topliss-reactive ketones (excluding diaryl/α,β-unsaturated/α-hetero) is 1. The maximum Gasteiger partial charge on any atom is 0.305 e. The van der Waals surface area contributed by atoms with Crippen LogP contribution < -0.4 is 0 Å². The van der Waals surface area contributed by atoms with E-state index in [9.17, 15) is 9.59 Å². The predicted molar refractivity (Wildman–Crippen MR) is 86.4 cm³/mol. The molecule has 0 bridgehead atoms. The van der Waals surface area contributed by atoms with Crippen LogP contribution >= 0.6 is 22.9 Å². The Hall–Kier alpha value is -1.39. The van der Waals surface area contributed by atoms with Crippen LogP contribution in [0.2, 0.25) is 5.02 Å². The quantitative estimate of drug-likeness (QED) is 0.436. The lowest BCUT2D eigenvalue weighted by molar-refractivity contribution is -0.140. The molecule has 1 aromatic carbocycles. The molecule has 0 aliphatic rings. The van der Waals surface area contributed by atoms with E-state index < -0.39 is 0 Å². The zero-order valence-electron chi connectivity index (χ0n) is 12.1. The zero-order chi connectivity index (χ0) is 15.4. The fourth-order valence-electron chi connectivity index (χ4n) is 2.23. The molecule has 2 aromatic rings. The first-order valence-electron chi connectivity index (χ1n) is 6.81. The molecule has 2 rings (SSSR count). The largest absolute Gasteiger partial charge is 0.469 e. The van der Waals surface area contributed by atoms with Gasteiger partial charge in [0, 0.05) is 22.6 Å². The molecule has 0 atom stereocenters. The molecule has 0 aliphatic heterocycles. The van der Waals surface area contributed by atoms with Crippen molar-refractivity contribution in [2.45, 2.75) is 32.6 Å². The van der Waals surface area contributed by atoms with Gasteiger partial charge >= 0.3 is 5.97 Å². The van der Waals surface area contributed by atoms with Gasteiger partial charge < -0.3 is 4.74 Å². The summed E-state index contributed by atoms with van der Waals surface area (Å²) in [4.78, 5) is 24.1. The smallest absolute Gasteiger partial charge is 0.305 e. The fourth-order valence-corrected chi connectivity index (χ4v) is 3.56. The SMILES string of the molecule is COC(=O)CCCCC(=O)c1sc2ccc(Cl)cc2c1C. The van der Waals surface area contributed by atoms with Crippen LogP contribution in [0.4, 0.5) is 0 Å². The van der Waals surface area contributed by atoms with Crippen molar-refractivity contribution in [2.75, 3.05) is 7.11 Å². The molecule has 112 valence electrons. The maximum atomic E-state index is 12.3. The monoisotopic (exact) mass is 324 g/mol. The number of hydrogen-bond acceptors (Lipinski definition) is 4. The van der Waals surface area contributed by atoms with Gasteiger partial charge in [-0.05, 0) is 48.9 Å². The number of aryl methyl sites for hydroxylation is 1. The summed E-state index contributed by atoms with van der Waals surface area (Å²) >= 11 is 7.51. The van der Waals surface area contributed by atoms with E-state index in [2.05, 4.69) is 4.74 Å². The van der Waals surface area contributed by atoms with Gasteiger partial charge in [0.1, 0.15) is 0 Å². The van der Waals surface area contributed by atoms with Gasteiger partial charge in [0.05, 0.1) is 12.0 Å².